The van der Waals surface area contributed by atoms with Crippen LogP contribution in [-0.4, -0.2) is 46.4 Å². The van der Waals surface area contributed by atoms with E-state index in [0.29, 0.717) is 18.4 Å². The molecule has 0 radical (unpaired) electrons. The molecule has 0 fully saturated rings. The topological polar surface area (TPSA) is 155 Å². The first-order valence-corrected chi connectivity index (χ1v) is 22.2. The molecule has 0 atom stereocenters. The molecule has 0 amide bonds. The van der Waals surface area contributed by atoms with Crippen molar-refractivity contribution in [1.29, 1.82) is 0 Å². The van der Waals surface area contributed by atoms with Gasteiger partial charge in [-0.15, -0.1) is 26.3 Å². The maximum Gasteiger partial charge on any atom is 0.573 e. The van der Waals surface area contributed by atoms with E-state index in [1.165, 1.54) is 57.6 Å². The van der Waals surface area contributed by atoms with Crippen molar-refractivity contribution in [2.45, 2.75) is 70.8 Å². The molecule has 0 N–H and O–H groups in total. The molecule has 1 aliphatic heterocycles. The summed E-state index contributed by atoms with van der Waals surface area (Å²) in [7, 11) is 2.99. The van der Waals surface area contributed by atoms with Crippen LogP contribution >= 0.6 is 15.9 Å². The highest BCUT2D eigenvalue weighted by molar-refractivity contribution is 9.08. The smallest absolute Gasteiger partial charge is 0.442 e. The van der Waals surface area contributed by atoms with Gasteiger partial charge in [-0.1, -0.05) is 103 Å². The van der Waals surface area contributed by atoms with Crippen molar-refractivity contribution in [2.24, 2.45) is 19.1 Å². The number of aryl methyl sites for hydroxylation is 1. The summed E-state index contributed by atoms with van der Waals surface area (Å²) in [6, 6.07) is 29.4. The summed E-state index contributed by atoms with van der Waals surface area (Å²) in [6.45, 7) is 4.39. The zero-order valence-corrected chi connectivity index (χ0v) is 39.0. The molecule has 4 aromatic carbocycles. The Hall–Kier alpha value is -7.36. The number of imidazole rings is 1. The highest BCUT2D eigenvalue weighted by Gasteiger charge is 2.32. The second kappa shape index (κ2) is 22.2. The highest BCUT2D eigenvalue weighted by atomic mass is 79.9. The van der Waals surface area contributed by atoms with Crippen LogP contribution in [0.5, 0.6) is 29.0 Å². The third kappa shape index (κ3) is 13.0. The van der Waals surface area contributed by atoms with Crippen molar-refractivity contribution in [2.75, 3.05) is 0 Å². The van der Waals surface area contributed by atoms with E-state index in [-0.39, 0.29) is 66.4 Å². The Labute approximate surface area is 397 Å². The average Bonchev–Trinajstić information content (AvgIpc) is 3.89. The lowest BCUT2D eigenvalue weighted by Gasteiger charge is -2.12. The molecule has 0 saturated carbocycles. The van der Waals surface area contributed by atoms with Gasteiger partial charge >= 0.3 is 30.1 Å². The predicted molar refractivity (Wildman–Crippen MR) is 248 cm³/mol. The van der Waals surface area contributed by atoms with Crippen molar-refractivity contribution >= 4 is 38.8 Å². The van der Waals surface area contributed by atoms with E-state index >= 15 is 0 Å². The van der Waals surface area contributed by atoms with E-state index < -0.39 is 46.7 Å². The SMILES string of the molecule is BrCc1ccccc1.CCCn1c(=O)c2c(n(C)c1=O)N=C(Oc1cccc(OC(F)(F)F)c1)C2.CCCn1c(=O)c2c(nc(Oc3cccc(OC(F)(F)F)c3)n2Cc2ccccc2)n(C)c1=O. The van der Waals surface area contributed by atoms with Crippen LogP contribution in [0.2, 0.25) is 0 Å². The van der Waals surface area contributed by atoms with Gasteiger partial charge in [-0.3, -0.25) is 32.4 Å². The van der Waals surface area contributed by atoms with Crippen molar-refractivity contribution in [3.05, 3.63) is 168 Å². The molecule has 364 valence electrons. The summed E-state index contributed by atoms with van der Waals surface area (Å²) in [5.74, 6) is -0.514. The summed E-state index contributed by atoms with van der Waals surface area (Å²) in [5.41, 5.74) is 0.765. The van der Waals surface area contributed by atoms with Crippen LogP contribution in [0.3, 0.4) is 0 Å². The standard InChI is InChI=1S/C23H21F3N4O4.C17H16F3N3O4.C7H7Br/c1-3-12-29-20(31)18-19(28(2)22(29)32)27-21(30(18)14-15-8-5-4-6-9-15)33-16-10-7-11-17(13-16)34-23(24,25)26;1-3-7-23-15(24)12-9-13(21-14(12)22(2)16(23)25)26-10-5-4-6-11(8-10)27-17(18,19)20;8-6-7-4-2-1-3-5-7/h4-11,13H,3,12,14H2,1-2H3;4-6,8H,3,7,9H2,1-2H3;1-5H,6H2. The largest absolute Gasteiger partial charge is 0.573 e. The summed E-state index contributed by atoms with van der Waals surface area (Å²) in [6.07, 6.45) is -8.45. The molecule has 7 aromatic rings. The zero-order valence-electron chi connectivity index (χ0n) is 37.4. The molecule has 0 aliphatic carbocycles. The van der Waals surface area contributed by atoms with Gasteiger partial charge in [0.2, 0.25) is 5.90 Å². The summed E-state index contributed by atoms with van der Waals surface area (Å²) in [4.78, 5) is 59.3. The number of nitrogens with zero attached hydrogens (tertiary/aromatic N) is 7. The summed E-state index contributed by atoms with van der Waals surface area (Å²) >= 11 is 3.36. The molecule has 0 saturated heterocycles. The maximum absolute atomic E-state index is 13.3. The van der Waals surface area contributed by atoms with Crippen molar-refractivity contribution in [3.63, 3.8) is 0 Å². The Bertz CT molecular complexity index is 3180. The molecule has 1 aliphatic rings. The van der Waals surface area contributed by atoms with E-state index in [0.717, 1.165) is 44.3 Å². The number of halogens is 7. The van der Waals surface area contributed by atoms with Gasteiger partial charge in [0.15, 0.2) is 11.2 Å². The second-order valence-electron chi connectivity index (χ2n) is 15.1. The monoisotopic (exact) mass is 1030 g/mol. The van der Waals surface area contributed by atoms with E-state index in [1.807, 2.05) is 62.4 Å². The molecule has 69 heavy (non-hydrogen) atoms. The number of alkyl halides is 7. The lowest BCUT2D eigenvalue weighted by atomic mass is 10.2. The number of ether oxygens (including phenoxy) is 4. The van der Waals surface area contributed by atoms with Crippen molar-refractivity contribution < 1.29 is 45.3 Å². The van der Waals surface area contributed by atoms with E-state index in [2.05, 4.69) is 47.5 Å². The maximum atomic E-state index is 13.3. The number of hydrogen-bond donors (Lipinski definition) is 0. The van der Waals surface area contributed by atoms with Crippen molar-refractivity contribution in [1.82, 2.24) is 27.8 Å². The lowest BCUT2D eigenvalue weighted by molar-refractivity contribution is -0.275. The average molecular weight is 1030 g/mol. The van der Waals surface area contributed by atoms with Crippen molar-refractivity contribution in [3.8, 4) is 29.0 Å². The molecule has 4 heterocycles. The molecule has 0 spiro atoms. The fourth-order valence-corrected chi connectivity index (χ4v) is 7.32. The first kappa shape index (κ1) is 51.0. The Balaban J connectivity index is 0.000000199. The van der Waals surface area contributed by atoms with Crippen LogP contribution in [0.15, 0.2) is 133 Å². The van der Waals surface area contributed by atoms with Crippen LogP contribution in [0.25, 0.3) is 11.2 Å². The molecule has 3 aromatic heterocycles. The fourth-order valence-electron chi connectivity index (χ4n) is 6.95. The van der Waals surface area contributed by atoms with Crippen LogP contribution in [-0.2, 0) is 45.5 Å². The molecular formula is C47H44BrF6N7O8. The number of fused-ring (bicyclic) bond motifs is 2. The van der Waals surface area contributed by atoms with E-state index in [1.54, 1.807) is 0 Å². The molecule has 15 nitrogen and oxygen atoms in total. The fraction of sp³-hybridized carbons (Fsp3) is 0.277. The minimum absolute atomic E-state index is 0.0188. The number of hydrogen-bond acceptors (Lipinski definition) is 10. The van der Waals surface area contributed by atoms with Crippen LogP contribution < -0.4 is 41.4 Å². The molecule has 0 bridgehead atoms. The highest BCUT2D eigenvalue weighted by Crippen LogP contribution is 2.31. The Morgan fingerprint density at radius 3 is 1.61 bits per heavy atom. The predicted octanol–water partition coefficient (Wildman–Crippen LogP) is 9.15. The van der Waals surface area contributed by atoms with Crippen LogP contribution in [0, 0.1) is 0 Å². The molecule has 0 unspecified atom stereocenters. The van der Waals surface area contributed by atoms with Gasteiger partial charge in [-0.05, 0) is 48.2 Å². The second-order valence-corrected chi connectivity index (χ2v) is 15.6. The summed E-state index contributed by atoms with van der Waals surface area (Å²) < 4.78 is 100. The van der Waals surface area contributed by atoms with Gasteiger partial charge in [0.1, 0.15) is 28.8 Å². The molecule has 22 heteroatoms. The van der Waals surface area contributed by atoms with E-state index in [4.69, 9.17) is 9.47 Å². The number of benzene rings is 4. The number of aromatic nitrogens is 6. The van der Waals surface area contributed by atoms with E-state index in [9.17, 15) is 45.5 Å². The number of aliphatic imine (C=N–C) groups is 1. The van der Waals surface area contributed by atoms with Gasteiger partial charge in [0, 0.05) is 44.6 Å². The first-order chi connectivity index (χ1) is 32.8. The van der Waals surface area contributed by atoms with Gasteiger partial charge in [-0.2, -0.15) is 9.98 Å². The third-order valence-corrected chi connectivity index (χ3v) is 10.6. The quantitative estimate of drug-likeness (QED) is 0.0861. The number of rotatable bonds is 12. The Kier molecular flexibility index (Phi) is 16.4. The molecular weight excluding hydrogens is 984 g/mol. The Morgan fingerprint density at radius 2 is 1.10 bits per heavy atom. The third-order valence-electron chi connectivity index (χ3n) is 9.96. The summed E-state index contributed by atoms with van der Waals surface area (Å²) in [5, 5.41) is 0.952. The normalized spacial score (nSPS) is 12.0. The van der Waals surface area contributed by atoms with Gasteiger partial charge in [-0.25, -0.2) is 9.59 Å². The molecule has 8 rings (SSSR count). The minimum atomic E-state index is -4.86. The van der Waals surface area contributed by atoms with Crippen LogP contribution in [0.1, 0.15) is 43.4 Å². The first-order valence-electron chi connectivity index (χ1n) is 21.1. The van der Waals surface area contributed by atoms with Gasteiger partial charge in [0.05, 0.1) is 18.5 Å². The Morgan fingerprint density at radius 1 is 0.609 bits per heavy atom. The zero-order chi connectivity index (χ0) is 50.0. The van der Waals surface area contributed by atoms with Gasteiger partial charge < -0.3 is 18.9 Å². The lowest BCUT2D eigenvalue weighted by Crippen LogP contribution is -2.40. The minimum Gasteiger partial charge on any atom is -0.442 e. The van der Waals surface area contributed by atoms with Gasteiger partial charge in [0.25, 0.3) is 11.1 Å². The van der Waals surface area contributed by atoms with Crippen LogP contribution in [0.4, 0.5) is 32.2 Å².